The number of nitrogens with zero attached hydrogens (tertiary/aromatic N) is 3. The highest BCUT2D eigenvalue weighted by Gasteiger charge is 2.46. The quantitative estimate of drug-likeness (QED) is 0.763. The van der Waals surface area contributed by atoms with Gasteiger partial charge in [-0.25, -0.2) is 13.4 Å². The number of ether oxygens (including phenoxy) is 1. The lowest BCUT2D eigenvalue weighted by atomic mass is 9.76. The van der Waals surface area contributed by atoms with Crippen molar-refractivity contribution >= 4 is 15.9 Å². The highest BCUT2D eigenvalue weighted by atomic mass is 32.2. The van der Waals surface area contributed by atoms with Crippen LogP contribution in [0.3, 0.4) is 0 Å². The fourth-order valence-electron chi connectivity index (χ4n) is 4.76. The Hall–Kier alpha value is -2.39. The minimum Gasteiger partial charge on any atom is -0.487 e. The molecule has 9 heteroatoms. The first-order chi connectivity index (χ1) is 14.8. The number of benzene rings is 1. The van der Waals surface area contributed by atoms with Crippen LogP contribution in [0.15, 0.2) is 41.8 Å². The van der Waals surface area contributed by atoms with E-state index in [4.69, 9.17) is 4.74 Å². The Bertz CT molecular complexity index is 1080. The largest absolute Gasteiger partial charge is 0.487 e. The van der Waals surface area contributed by atoms with Gasteiger partial charge < -0.3 is 14.6 Å². The molecule has 166 valence electrons. The molecule has 3 heterocycles. The monoisotopic (exact) mass is 444 g/mol. The van der Waals surface area contributed by atoms with Crippen molar-refractivity contribution in [1.29, 1.82) is 0 Å². The van der Waals surface area contributed by atoms with Gasteiger partial charge in [0.15, 0.2) is 5.03 Å². The van der Waals surface area contributed by atoms with Crippen molar-refractivity contribution in [3.8, 4) is 5.75 Å². The number of hydrogen-bond donors (Lipinski definition) is 1. The van der Waals surface area contributed by atoms with Crippen LogP contribution < -0.4 is 10.1 Å². The number of nitrogens with one attached hydrogen (secondary N) is 1. The van der Waals surface area contributed by atoms with Crippen LogP contribution in [0.5, 0.6) is 5.75 Å². The number of imidazole rings is 1. The van der Waals surface area contributed by atoms with Gasteiger partial charge >= 0.3 is 0 Å². The van der Waals surface area contributed by atoms with Crippen LogP contribution in [-0.4, -0.2) is 52.9 Å². The summed E-state index contributed by atoms with van der Waals surface area (Å²) in [5.74, 6) is 0.983. The van der Waals surface area contributed by atoms with Gasteiger partial charge in [-0.15, -0.1) is 0 Å². The van der Waals surface area contributed by atoms with Crippen molar-refractivity contribution in [2.24, 2.45) is 7.05 Å². The molecule has 0 bridgehead atoms. The van der Waals surface area contributed by atoms with E-state index in [0.29, 0.717) is 38.4 Å². The maximum Gasteiger partial charge on any atom is 0.262 e. The summed E-state index contributed by atoms with van der Waals surface area (Å²) in [5.41, 5.74) is 0.622. The predicted molar refractivity (Wildman–Crippen MR) is 114 cm³/mol. The van der Waals surface area contributed by atoms with E-state index in [0.717, 1.165) is 30.6 Å². The van der Waals surface area contributed by atoms with Crippen LogP contribution in [0.2, 0.25) is 0 Å². The van der Waals surface area contributed by atoms with Crippen LogP contribution in [0.1, 0.15) is 50.0 Å². The summed E-state index contributed by atoms with van der Waals surface area (Å²) in [4.78, 5) is 16.6. The maximum atomic E-state index is 12.9. The third kappa shape index (κ3) is 4.08. The molecule has 1 saturated heterocycles. The number of para-hydroxylation sites is 1. The van der Waals surface area contributed by atoms with Crippen molar-refractivity contribution in [3.63, 3.8) is 0 Å². The zero-order chi connectivity index (χ0) is 21.6. The molecule has 2 fully saturated rings. The Morgan fingerprint density at radius 2 is 2.00 bits per heavy atom. The van der Waals surface area contributed by atoms with Gasteiger partial charge in [-0.3, -0.25) is 4.79 Å². The lowest BCUT2D eigenvalue weighted by molar-refractivity contribution is -0.122. The van der Waals surface area contributed by atoms with E-state index >= 15 is 0 Å². The molecule has 1 N–H and O–H groups in total. The van der Waals surface area contributed by atoms with E-state index in [1.54, 1.807) is 11.6 Å². The lowest BCUT2D eigenvalue weighted by Gasteiger charge is -2.46. The molecular formula is C22H28N4O4S. The van der Waals surface area contributed by atoms with Gasteiger partial charge in [0.25, 0.3) is 10.0 Å². The summed E-state index contributed by atoms with van der Waals surface area (Å²) < 4.78 is 35.5. The standard InChI is InChI=1S/C22H28N4O4S/c1-25-14-21(23-15-25)31(28,29)26-10-8-22(9-11-26)13-16(12-20(27)24-17-6-7-17)18-4-2-3-5-19(18)30-22/h2-5,14-17H,6-13H2,1H3,(H,24,27). The smallest absolute Gasteiger partial charge is 0.262 e. The molecule has 1 aromatic heterocycles. The summed E-state index contributed by atoms with van der Waals surface area (Å²) in [6.07, 6.45) is 7.51. The third-order valence-electron chi connectivity index (χ3n) is 6.60. The normalized spacial score (nSPS) is 23.2. The molecule has 1 spiro atoms. The SMILES string of the molecule is Cn1cnc(S(=O)(=O)N2CCC3(CC2)CC(CC(=O)NC2CC2)c2ccccc2O3)c1. The molecular weight excluding hydrogens is 416 g/mol. The first kappa shape index (κ1) is 20.5. The van der Waals surface area contributed by atoms with Crippen LogP contribution in [0.4, 0.5) is 0 Å². The van der Waals surface area contributed by atoms with E-state index in [9.17, 15) is 13.2 Å². The Kier molecular flexibility index (Phi) is 5.05. The zero-order valence-electron chi connectivity index (χ0n) is 17.7. The van der Waals surface area contributed by atoms with E-state index in [-0.39, 0.29) is 16.9 Å². The Morgan fingerprint density at radius 1 is 1.26 bits per heavy atom. The molecule has 31 heavy (non-hydrogen) atoms. The van der Waals surface area contributed by atoms with E-state index in [1.807, 2.05) is 24.3 Å². The average Bonchev–Trinajstić information content (AvgIpc) is 3.44. The topological polar surface area (TPSA) is 93.5 Å². The highest BCUT2D eigenvalue weighted by molar-refractivity contribution is 7.89. The van der Waals surface area contributed by atoms with Crippen LogP contribution >= 0.6 is 0 Å². The number of rotatable bonds is 5. The van der Waals surface area contributed by atoms with Crippen molar-refractivity contribution in [2.75, 3.05) is 13.1 Å². The van der Waals surface area contributed by atoms with Gasteiger partial charge in [-0.2, -0.15) is 4.31 Å². The van der Waals surface area contributed by atoms with E-state index in [1.165, 1.54) is 16.8 Å². The number of hydrogen-bond acceptors (Lipinski definition) is 5. The molecule has 1 unspecified atom stereocenters. The predicted octanol–water partition coefficient (Wildman–Crippen LogP) is 2.18. The number of aromatic nitrogens is 2. The van der Waals surface area contributed by atoms with Crippen molar-refractivity contribution in [3.05, 3.63) is 42.4 Å². The van der Waals surface area contributed by atoms with E-state index in [2.05, 4.69) is 10.3 Å². The lowest BCUT2D eigenvalue weighted by Crippen LogP contribution is -2.52. The number of carbonyl (C=O) groups excluding carboxylic acids is 1. The fourth-order valence-corrected chi connectivity index (χ4v) is 6.17. The fraction of sp³-hybridized carbons (Fsp3) is 0.545. The van der Waals surface area contributed by atoms with Gasteiger partial charge in [-0.1, -0.05) is 18.2 Å². The van der Waals surface area contributed by atoms with Gasteiger partial charge in [0, 0.05) is 57.6 Å². The van der Waals surface area contributed by atoms with Crippen molar-refractivity contribution < 1.29 is 17.9 Å². The number of amides is 1. The third-order valence-corrected chi connectivity index (χ3v) is 8.38. The molecule has 2 aliphatic heterocycles. The number of fused-ring (bicyclic) bond motifs is 1. The second kappa shape index (κ2) is 7.63. The first-order valence-corrected chi connectivity index (χ1v) is 12.3. The molecule has 5 rings (SSSR count). The molecule has 3 aliphatic rings. The zero-order valence-corrected chi connectivity index (χ0v) is 18.5. The van der Waals surface area contributed by atoms with Crippen LogP contribution in [0.25, 0.3) is 0 Å². The summed E-state index contributed by atoms with van der Waals surface area (Å²) >= 11 is 0. The minimum atomic E-state index is -3.61. The average molecular weight is 445 g/mol. The Morgan fingerprint density at radius 3 is 2.68 bits per heavy atom. The summed E-state index contributed by atoms with van der Waals surface area (Å²) in [5, 5.41) is 3.17. The summed E-state index contributed by atoms with van der Waals surface area (Å²) in [7, 11) is -1.86. The molecule has 2 aromatic rings. The van der Waals surface area contributed by atoms with Crippen LogP contribution in [-0.2, 0) is 21.9 Å². The second-order valence-electron chi connectivity index (χ2n) is 9.05. The first-order valence-electron chi connectivity index (χ1n) is 10.9. The molecule has 1 aliphatic carbocycles. The molecule has 1 saturated carbocycles. The summed E-state index contributed by atoms with van der Waals surface area (Å²) in [6.45, 7) is 0.754. The molecule has 1 amide bonds. The van der Waals surface area contributed by atoms with Gasteiger partial charge in [0.2, 0.25) is 5.91 Å². The molecule has 8 nitrogen and oxygen atoms in total. The minimum absolute atomic E-state index is 0.0719. The molecule has 0 radical (unpaired) electrons. The van der Waals surface area contributed by atoms with Gasteiger partial charge in [0.1, 0.15) is 11.4 Å². The Balaban J connectivity index is 1.32. The number of piperidine rings is 1. The molecule has 1 atom stereocenters. The molecule has 1 aromatic carbocycles. The van der Waals surface area contributed by atoms with Gasteiger partial charge in [0.05, 0.1) is 6.33 Å². The van der Waals surface area contributed by atoms with E-state index < -0.39 is 15.6 Å². The van der Waals surface area contributed by atoms with Gasteiger partial charge in [-0.05, 0) is 30.9 Å². The highest BCUT2D eigenvalue weighted by Crippen LogP contribution is 2.47. The number of aryl methyl sites for hydroxylation is 1. The van der Waals surface area contributed by atoms with Crippen molar-refractivity contribution in [2.45, 2.75) is 61.1 Å². The summed E-state index contributed by atoms with van der Waals surface area (Å²) in [6, 6.07) is 8.27. The van der Waals surface area contributed by atoms with Crippen molar-refractivity contribution in [1.82, 2.24) is 19.2 Å². The maximum absolute atomic E-state index is 12.9. The second-order valence-corrected chi connectivity index (χ2v) is 10.9. The number of sulfonamides is 1. The Labute approximate surface area is 182 Å². The van der Waals surface area contributed by atoms with Crippen LogP contribution in [0, 0.1) is 0 Å². The number of carbonyl (C=O) groups is 1.